The van der Waals surface area contributed by atoms with Crippen molar-refractivity contribution in [1.82, 2.24) is 0 Å². The van der Waals surface area contributed by atoms with Gasteiger partial charge < -0.3 is 4.42 Å². The van der Waals surface area contributed by atoms with Crippen LogP contribution >= 0.6 is 0 Å². The third kappa shape index (κ3) is 2.38. The number of furan rings is 1. The lowest BCUT2D eigenvalue weighted by Gasteiger charge is -2.21. The number of benzene rings is 3. The van der Waals surface area contributed by atoms with Gasteiger partial charge in [-0.15, -0.1) is 0 Å². The highest BCUT2D eigenvalue weighted by Gasteiger charge is 2.38. The van der Waals surface area contributed by atoms with Crippen molar-refractivity contribution in [3.05, 3.63) is 88.6 Å². The zero-order chi connectivity index (χ0) is 29.9. The highest BCUT2D eigenvalue weighted by Crippen LogP contribution is 2.52. The third-order valence-electron chi connectivity index (χ3n) is 6.80. The number of aromatic nitrogens is 1. The second-order valence-corrected chi connectivity index (χ2v) is 8.87. The van der Waals surface area contributed by atoms with E-state index >= 15 is 0 Å². The van der Waals surface area contributed by atoms with E-state index in [4.69, 9.17) is 16.8 Å². The molecule has 0 saturated heterocycles. The molecule has 1 aliphatic rings. The van der Waals surface area contributed by atoms with Crippen molar-refractivity contribution in [3.63, 3.8) is 0 Å². The van der Waals surface area contributed by atoms with Crippen molar-refractivity contribution in [2.45, 2.75) is 39.8 Å². The zero-order valence-electron chi connectivity index (χ0n) is 27.1. The molecule has 1 aliphatic carbocycles. The molecule has 3 aromatic carbocycles. The molecule has 0 bridgehead atoms. The molecule has 0 amide bonds. The molecule has 6 rings (SSSR count). The van der Waals surface area contributed by atoms with Crippen LogP contribution in [0.4, 0.5) is 0 Å². The highest BCUT2D eigenvalue weighted by molar-refractivity contribution is 6.12. The van der Waals surface area contributed by atoms with Crippen LogP contribution in [0.1, 0.15) is 53.9 Å². The summed E-state index contributed by atoms with van der Waals surface area (Å²) in [6.07, 6.45) is 1.35. The molecule has 2 aromatic heterocycles. The van der Waals surface area contributed by atoms with E-state index in [-0.39, 0.29) is 11.1 Å². The van der Waals surface area contributed by atoms with E-state index in [1.54, 1.807) is 18.5 Å². The van der Waals surface area contributed by atoms with Gasteiger partial charge in [0.2, 0.25) is 5.69 Å². The van der Waals surface area contributed by atoms with Crippen LogP contribution in [0.5, 0.6) is 0 Å². The van der Waals surface area contributed by atoms with Crippen LogP contribution in [0.15, 0.2) is 65.2 Å². The normalized spacial score (nSPS) is 22.5. The number of aryl methyl sites for hydroxylation is 4. The van der Waals surface area contributed by atoms with Crippen LogP contribution in [-0.2, 0) is 12.5 Å². The SMILES string of the molecule is [2H]C([2H])([2H])c1cc(-c2c(C)ccc3c2oc2c4c(ccc23)-c2ccccc2C4(C)C([2H])([2H])[2H])[n+](C)cc1C([2H])([2H])[2H]. The fourth-order valence-corrected chi connectivity index (χ4v) is 5.23. The van der Waals surface area contributed by atoms with Crippen LogP contribution in [-0.4, -0.2) is 0 Å². The van der Waals surface area contributed by atoms with Gasteiger partial charge in [0, 0.05) is 45.7 Å². The van der Waals surface area contributed by atoms with Crippen molar-refractivity contribution in [2.24, 2.45) is 7.05 Å². The molecule has 0 radical (unpaired) electrons. The molecule has 1 unspecified atom stereocenters. The molecule has 5 aromatic rings. The average molecular weight is 428 g/mol. The van der Waals surface area contributed by atoms with Crippen LogP contribution in [0.3, 0.4) is 0 Å². The smallest absolute Gasteiger partial charge is 0.216 e. The van der Waals surface area contributed by atoms with E-state index in [1.165, 1.54) is 12.3 Å². The maximum Gasteiger partial charge on any atom is 0.216 e. The van der Waals surface area contributed by atoms with Crippen LogP contribution in [0.2, 0.25) is 0 Å². The predicted molar refractivity (Wildman–Crippen MR) is 132 cm³/mol. The van der Waals surface area contributed by atoms with Crippen molar-refractivity contribution in [1.29, 1.82) is 0 Å². The van der Waals surface area contributed by atoms with Crippen molar-refractivity contribution in [3.8, 4) is 22.4 Å². The molecule has 158 valence electrons. The Morgan fingerprint density at radius 3 is 2.47 bits per heavy atom. The summed E-state index contributed by atoms with van der Waals surface area (Å²) < 4.78 is 82.0. The minimum Gasteiger partial charge on any atom is -0.455 e. The maximum atomic E-state index is 8.58. The number of rotatable bonds is 1. The fourth-order valence-electron chi connectivity index (χ4n) is 5.23. The van der Waals surface area contributed by atoms with E-state index in [2.05, 4.69) is 0 Å². The topological polar surface area (TPSA) is 17.0 Å². The first-order valence-corrected chi connectivity index (χ1v) is 10.6. The number of pyridine rings is 1. The largest absolute Gasteiger partial charge is 0.455 e. The Bertz CT molecular complexity index is 1890. The molecule has 2 heteroatoms. The van der Waals surface area contributed by atoms with Gasteiger partial charge in [0.15, 0.2) is 6.20 Å². The molecule has 1 atom stereocenters. The summed E-state index contributed by atoms with van der Waals surface area (Å²) in [6.45, 7) is -4.03. The molecule has 32 heavy (non-hydrogen) atoms. The minimum absolute atomic E-state index is 0.234. The molecular formula is C30H28NO+. The van der Waals surface area contributed by atoms with Gasteiger partial charge in [0.1, 0.15) is 18.2 Å². The van der Waals surface area contributed by atoms with Gasteiger partial charge in [0.05, 0.1) is 5.56 Å². The molecular weight excluding hydrogens is 390 g/mol. The van der Waals surface area contributed by atoms with Gasteiger partial charge in [-0.1, -0.05) is 56.2 Å². The lowest BCUT2D eigenvalue weighted by molar-refractivity contribution is -0.660. The summed E-state index contributed by atoms with van der Waals surface area (Å²) in [5, 5.41) is 1.50. The zero-order valence-corrected chi connectivity index (χ0v) is 18.1. The molecule has 0 saturated carbocycles. The van der Waals surface area contributed by atoms with E-state index in [0.29, 0.717) is 33.6 Å². The Balaban J connectivity index is 1.72. The summed E-state index contributed by atoms with van der Waals surface area (Å²) in [7, 11) is 1.68. The molecule has 2 nitrogen and oxygen atoms in total. The lowest BCUT2D eigenvalue weighted by atomic mass is 9.82. The Morgan fingerprint density at radius 1 is 0.875 bits per heavy atom. The third-order valence-corrected chi connectivity index (χ3v) is 6.80. The Kier molecular flexibility index (Phi) is 2.37. The Labute approximate surface area is 201 Å². The van der Waals surface area contributed by atoms with Crippen molar-refractivity contribution in [2.75, 3.05) is 0 Å². The number of fused-ring (bicyclic) bond motifs is 7. The first-order valence-electron chi connectivity index (χ1n) is 15.1. The van der Waals surface area contributed by atoms with Crippen LogP contribution in [0.25, 0.3) is 44.3 Å². The van der Waals surface area contributed by atoms with Crippen LogP contribution in [0, 0.1) is 20.6 Å². The van der Waals surface area contributed by atoms with Crippen LogP contribution < -0.4 is 4.57 Å². The van der Waals surface area contributed by atoms with Gasteiger partial charge in [0.25, 0.3) is 0 Å². The summed E-state index contributed by atoms with van der Waals surface area (Å²) in [5.41, 5.74) is 4.01. The number of nitrogens with zero attached hydrogens (tertiary/aromatic N) is 1. The fraction of sp³-hybridized carbons (Fsp3) is 0.233. The van der Waals surface area contributed by atoms with E-state index < -0.39 is 26.0 Å². The number of hydrogen-bond acceptors (Lipinski definition) is 1. The van der Waals surface area contributed by atoms with Gasteiger partial charge in [-0.25, -0.2) is 4.57 Å². The van der Waals surface area contributed by atoms with Crippen molar-refractivity contribution >= 4 is 21.9 Å². The Hall–Kier alpha value is -3.39. The standard InChI is InChI=1S/C30H28NO/c1-17-11-12-22-23-14-13-21-20-9-7-8-10-24(20)30(4,5)27(21)29(23)32-28(22)26(17)25-15-18(2)19(3)16-31(25)6/h7-16H,1-6H3/q+1/i2D3,3D3,4D3. The predicted octanol–water partition coefficient (Wildman–Crippen LogP) is 7.31. The molecule has 0 spiro atoms. The molecule has 0 N–H and O–H groups in total. The first kappa shape index (κ1) is 12.0. The van der Waals surface area contributed by atoms with E-state index in [0.717, 1.165) is 27.5 Å². The summed E-state index contributed by atoms with van der Waals surface area (Å²) in [5.74, 6) is 0. The molecule has 0 aliphatic heterocycles. The van der Waals surface area contributed by atoms with Gasteiger partial charge in [-0.2, -0.15) is 0 Å². The van der Waals surface area contributed by atoms with E-state index in [9.17, 15) is 0 Å². The second kappa shape index (κ2) is 6.32. The average Bonchev–Trinajstić information content (AvgIpc) is 3.37. The lowest BCUT2D eigenvalue weighted by Crippen LogP contribution is -2.31. The Morgan fingerprint density at radius 2 is 1.66 bits per heavy atom. The summed E-state index contributed by atoms with van der Waals surface area (Å²) in [6, 6.07) is 16.6. The second-order valence-electron chi connectivity index (χ2n) is 8.87. The minimum atomic E-state index is -2.66. The highest BCUT2D eigenvalue weighted by atomic mass is 16.3. The van der Waals surface area contributed by atoms with Gasteiger partial charge >= 0.3 is 0 Å². The summed E-state index contributed by atoms with van der Waals surface area (Å²) in [4.78, 5) is 0. The first-order chi connectivity index (χ1) is 19.0. The molecule has 2 heterocycles. The monoisotopic (exact) mass is 427 g/mol. The number of hydrogen-bond donors (Lipinski definition) is 0. The quantitative estimate of drug-likeness (QED) is 0.256. The molecule has 0 fully saturated rings. The van der Waals surface area contributed by atoms with Crippen molar-refractivity contribution < 1.29 is 21.3 Å². The van der Waals surface area contributed by atoms with E-state index in [1.807, 2.05) is 55.5 Å². The van der Waals surface area contributed by atoms with Gasteiger partial charge in [-0.05, 0) is 54.5 Å². The maximum absolute atomic E-state index is 8.58. The van der Waals surface area contributed by atoms with Gasteiger partial charge in [-0.3, -0.25) is 0 Å². The summed E-state index contributed by atoms with van der Waals surface area (Å²) >= 11 is 0.